The van der Waals surface area contributed by atoms with Gasteiger partial charge in [0.1, 0.15) is 0 Å². The van der Waals surface area contributed by atoms with Gasteiger partial charge in [0.25, 0.3) is 5.91 Å². The first kappa shape index (κ1) is 18.2. The minimum Gasteiger partial charge on any atom is -0.391 e. The molecule has 0 bridgehead atoms. The fraction of sp³-hybridized carbons (Fsp3) is 0.200. The van der Waals surface area contributed by atoms with Gasteiger partial charge in [-0.05, 0) is 48.4 Å². The summed E-state index contributed by atoms with van der Waals surface area (Å²) in [6, 6.07) is 13.4. The normalized spacial score (nSPS) is 19.2. The average molecular weight is 371 g/mol. The lowest BCUT2D eigenvalue weighted by molar-refractivity contribution is -0.111. The molecule has 2 amide bonds. The van der Waals surface area contributed by atoms with Crippen LogP contribution in [-0.4, -0.2) is 34.5 Å². The fourth-order valence-electron chi connectivity index (χ4n) is 3.16. The second-order valence-corrected chi connectivity index (χ2v) is 6.56. The second-order valence-electron chi connectivity index (χ2n) is 6.13. The van der Waals surface area contributed by atoms with Crippen LogP contribution in [0.4, 0.5) is 5.69 Å². The first-order chi connectivity index (χ1) is 12.5. The molecule has 0 unspecified atom stereocenters. The molecule has 0 aliphatic carbocycles. The summed E-state index contributed by atoms with van der Waals surface area (Å²) in [5, 5.41) is 13.6. The fourth-order valence-corrected chi connectivity index (χ4v) is 3.28. The van der Waals surface area contributed by atoms with Crippen molar-refractivity contribution in [2.45, 2.75) is 18.6 Å². The smallest absolute Gasteiger partial charge is 0.254 e. The van der Waals surface area contributed by atoms with Crippen LogP contribution in [0.3, 0.4) is 0 Å². The summed E-state index contributed by atoms with van der Waals surface area (Å²) < 4.78 is 0. The lowest BCUT2D eigenvalue weighted by Crippen LogP contribution is -2.33. The highest BCUT2D eigenvalue weighted by Crippen LogP contribution is 2.34. The summed E-state index contributed by atoms with van der Waals surface area (Å²) in [5.41, 5.74) is 1.80. The van der Waals surface area contributed by atoms with Gasteiger partial charge in [-0.1, -0.05) is 36.4 Å². The molecule has 3 rings (SSSR count). The lowest BCUT2D eigenvalue weighted by atomic mass is 10.0. The van der Waals surface area contributed by atoms with Crippen molar-refractivity contribution in [3.8, 4) is 0 Å². The molecule has 1 heterocycles. The van der Waals surface area contributed by atoms with E-state index in [0.717, 1.165) is 5.56 Å². The van der Waals surface area contributed by atoms with Crippen LogP contribution in [0.15, 0.2) is 61.2 Å². The Balaban J connectivity index is 1.86. The van der Waals surface area contributed by atoms with Crippen LogP contribution in [0.25, 0.3) is 0 Å². The zero-order valence-electron chi connectivity index (χ0n) is 14.1. The number of aliphatic hydroxyl groups excluding tert-OH is 1. The Morgan fingerprint density at radius 1 is 1.23 bits per heavy atom. The predicted octanol–water partition coefficient (Wildman–Crippen LogP) is 3.41. The maximum Gasteiger partial charge on any atom is 0.254 e. The molecule has 0 aromatic heterocycles. The molecule has 1 saturated heterocycles. The number of amides is 2. The molecule has 0 spiro atoms. The van der Waals surface area contributed by atoms with E-state index in [0.29, 0.717) is 29.2 Å². The van der Waals surface area contributed by atoms with Crippen LogP contribution in [0.5, 0.6) is 0 Å². The second kappa shape index (κ2) is 7.72. The summed E-state index contributed by atoms with van der Waals surface area (Å²) >= 11 is 5.94. The third-order valence-corrected chi connectivity index (χ3v) is 4.65. The molecule has 1 aliphatic rings. The number of carbonyl (C=O) groups is 2. The monoisotopic (exact) mass is 370 g/mol. The number of carbonyl (C=O) groups excluding carboxylic acids is 2. The zero-order chi connectivity index (χ0) is 18.7. The predicted molar refractivity (Wildman–Crippen MR) is 101 cm³/mol. The van der Waals surface area contributed by atoms with Crippen molar-refractivity contribution in [3.05, 3.63) is 77.3 Å². The molecule has 0 radical (unpaired) electrons. The van der Waals surface area contributed by atoms with Crippen molar-refractivity contribution < 1.29 is 14.7 Å². The maximum atomic E-state index is 13.0. The number of benzene rings is 2. The van der Waals surface area contributed by atoms with Gasteiger partial charge >= 0.3 is 0 Å². The van der Waals surface area contributed by atoms with Crippen molar-refractivity contribution in [1.82, 2.24) is 4.90 Å². The van der Waals surface area contributed by atoms with E-state index >= 15 is 0 Å². The standard InChI is InChI=1S/C20H19ClN2O3/c1-2-18(25)22-16-5-3-4-14(12-16)20(26)23-11-10-17(24)19(23)13-6-8-15(21)9-7-13/h2-9,12,17,19,24H,1,10-11H2,(H,22,25)/t17-,19-/m1/s1. The molecule has 1 aliphatic heterocycles. The molecule has 134 valence electrons. The molecule has 0 saturated carbocycles. The molecule has 26 heavy (non-hydrogen) atoms. The molecule has 1 fully saturated rings. The Kier molecular flexibility index (Phi) is 5.40. The number of hydrogen-bond donors (Lipinski definition) is 2. The molecule has 2 atom stereocenters. The largest absolute Gasteiger partial charge is 0.391 e. The lowest BCUT2D eigenvalue weighted by Gasteiger charge is -2.27. The highest BCUT2D eigenvalue weighted by molar-refractivity contribution is 6.30. The minimum absolute atomic E-state index is 0.198. The summed E-state index contributed by atoms with van der Waals surface area (Å²) in [7, 11) is 0. The van der Waals surface area contributed by atoms with Gasteiger partial charge in [-0.3, -0.25) is 9.59 Å². The Hall–Kier alpha value is -2.63. The van der Waals surface area contributed by atoms with Crippen LogP contribution in [0.2, 0.25) is 5.02 Å². The Morgan fingerprint density at radius 2 is 1.96 bits per heavy atom. The van der Waals surface area contributed by atoms with Crippen LogP contribution in [0, 0.1) is 0 Å². The maximum absolute atomic E-state index is 13.0. The van der Waals surface area contributed by atoms with Gasteiger partial charge in [0.2, 0.25) is 5.91 Å². The Labute approximate surface area is 156 Å². The number of halogens is 1. The van der Waals surface area contributed by atoms with E-state index in [9.17, 15) is 14.7 Å². The van der Waals surface area contributed by atoms with E-state index in [4.69, 9.17) is 11.6 Å². The van der Waals surface area contributed by atoms with Crippen LogP contribution < -0.4 is 5.32 Å². The molecule has 2 N–H and O–H groups in total. The summed E-state index contributed by atoms with van der Waals surface area (Å²) in [6.07, 6.45) is 1.04. The van der Waals surface area contributed by atoms with E-state index < -0.39 is 12.1 Å². The molecular weight excluding hydrogens is 352 g/mol. The number of aliphatic hydroxyl groups is 1. The van der Waals surface area contributed by atoms with E-state index in [1.165, 1.54) is 6.08 Å². The highest BCUT2D eigenvalue weighted by atomic mass is 35.5. The van der Waals surface area contributed by atoms with Crippen LogP contribution in [-0.2, 0) is 4.79 Å². The summed E-state index contributed by atoms with van der Waals surface area (Å²) in [4.78, 5) is 26.1. The van der Waals surface area contributed by atoms with Gasteiger partial charge in [0.05, 0.1) is 12.1 Å². The molecule has 2 aromatic carbocycles. The molecular formula is C20H19ClN2O3. The first-order valence-corrected chi connectivity index (χ1v) is 8.65. The zero-order valence-corrected chi connectivity index (χ0v) is 14.8. The van der Waals surface area contributed by atoms with Gasteiger partial charge < -0.3 is 15.3 Å². The number of nitrogens with zero attached hydrogens (tertiary/aromatic N) is 1. The molecule has 5 nitrogen and oxygen atoms in total. The number of likely N-dealkylation sites (tertiary alicyclic amines) is 1. The number of rotatable bonds is 4. The van der Waals surface area contributed by atoms with Gasteiger partial charge in [0.15, 0.2) is 0 Å². The third-order valence-electron chi connectivity index (χ3n) is 4.40. The summed E-state index contributed by atoms with van der Waals surface area (Å²) in [6.45, 7) is 3.87. The summed E-state index contributed by atoms with van der Waals surface area (Å²) in [5.74, 6) is -0.540. The van der Waals surface area contributed by atoms with Crippen LogP contribution >= 0.6 is 11.6 Å². The van der Waals surface area contributed by atoms with Crippen molar-refractivity contribution in [2.24, 2.45) is 0 Å². The van der Waals surface area contributed by atoms with E-state index in [-0.39, 0.29) is 11.8 Å². The van der Waals surface area contributed by atoms with E-state index in [2.05, 4.69) is 11.9 Å². The topological polar surface area (TPSA) is 69.6 Å². The van der Waals surface area contributed by atoms with Gasteiger partial charge in [-0.25, -0.2) is 0 Å². The van der Waals surface area contributed by atoms with Gasteiger partial charge in [-0.15, -0.1) is 0 Å². The third kappa shape index (κ3) is 3.79. The average Bonchev–Trinajstić information content (AvgIpc) is 3.03. The Bertz CT molecular complexity index is 835. The Morgan fingerprint density at radius 3 is 2.65 bits per heavy atom. The number of anilines is 1. The highest BCUT2D eigenvalue weighted by Gasteiger charge is 2.37. The van der Waals surface area contributed by atoms with Crippen molar-refractivity contribution in [1.29, 1.82) is 0 Å². The first-order valence-electron chi connectivity index (χ1n) is 8.27. The van der Waals surface area contributed by atoms with Crippen molar-refractivity contribution in [2.75, 3.05) is 11.9 Å². The quantitative estimate of drug-likeness (QED) is 0.810. The molecule has 2 aromatic rings. The molecule has 6 heteroatoms. The number of nitrogens with one attached hydrogen (secondary N) is 1. The van der Waals surface area contributed by atoms with Gasteiger partial charge in [0, 0.05) is 22.8 Å². The van der Waals surface area contributed by atoms with Gasteiger partial charge in [-0.2, -0.15) is 0 Å². The van der Waals surface area contributed by atoms with Crippen molar-refractivity contribution in [3.63, 3.8) is 0 Å². The van der Waals surface area contributed by atoms with Crippen LogP contribution in [0.1, 0.15) is 28.4 Å². The SMILES string of the molecule is C=CC(=O)Nc1cccc(C(=O)N2CC[C@@H](O)[C@H]2c2ccc(Cl)cc2)c1. The minimum atomic E-state index is -0.635. The number of hydrogen-bond acceptors (Lipinski definition) is 3. The van der Waals surface area contributed by atoms with E-state index in [1.807, 2.05) is 12.1 Å². The van der Waals surface area contributed by atoms with Crippen molar-refractivity contribution >= 4 is 29.1 Å². The van der Waals surface area contributed by atoms with E-state index in [1.54, 1.807) is 41.3 Å².